The summed E-state index contributed by atoms with van der Waals surface area (Å²) in [5, 5.41) is 34.4. The zero-order valence-electron chi connectivity index (χ0n) is 18.5. The summed E-state index contributed by atoms with van der Waals surface area (Å²) in [4.78, 5) is 24.1. The van der Waals surface area contributed by atoms with Crippen LogP contribution >= 0.6 is 57.5 Å². The lowest BCUT2D eigenvalue weighted by molar-refractivity contribution is -0.119. The maximum Gasteiger partial charge on any atom is 0.230 e. The molecule has 0 saturated heterocycles. The number of amides is 2. The Morgan fingerprint density at radius 1 is 1.06 bits per heavy atom. The molecule has 1 atom stereocenters. The number of thiophene rings is 2. The molecular weight excluding hydrogens is 529 g/mol. The van der Waals surface area contributed by atoms with E-state index in [1.54, 1.807) is 34.4 Å². The topological polar surface area (TPSA) is 120 Å². The van der Waals surface area contributed by atoms with Gasteiger partial charge in [-0.05, 0) is 69.8 Å². The van der Waals surface area contributed by atoms with Crippen LogP contribution in [0.3, 0.4) is 0 Å². The second kappa shape index (κ2) is 14.6. The lowest BCUT2D eigenvalue weighted by Gasteiger charge is -2.16. The van der Waals surface area contributed by atoms with E-state index in [1.807, 2.05) is 40.7 Å². The van der Waals surface area contributed by atoms with E-state index >= 15 is 0 Å². The molecule has 2 amide bonds. The Morgan fingerprint density at radius 2 is 1.76 bits per heavy atom. The highest BCUT2D eigenvalue weighted by Gasteiger charge is 2.14. The number of aromatic nitrogens is 2. The van der Waals surface area contributed by atoms with Crippen molar-refractivity contribution >= 4 is 79.6 Å². The Balaban J connectivity index is 1.28. The Hall–Kier alpha value is -1.77. The predicted molar refractivity (Wildman–Crippen MR) is 147 cm³/mol. The second-order valence-corrected chi connectivity index (χ2v) is 12.1. The fourth-order valence-corrected chi connectivity index (χ4v) is 6.91. The minimum Gasteiger partial charge on any atom is -0.308 e. The van der Waals surface area contributed by atoms with Crippen LogP contribution in [0.1, 0.15) is 22.6 Å². The Morgan fingerprint density at radius 3 is 2.41 bits per heavy atom. The lowest BCUT2D eigenvalue weighted by Crippen LogP contribution is -2.33. The molecule has 3 aromatic rings. The summed E-state index contributed by atoms with van der Waals surface area (Å²) in [5.74, 6) is 1.56. The number of nitrogens with one attached hydrogen (secondary N) is 4. The van der Waals surface area contributed by atoms with Crippen LogP contribution in [0.15, 0.2) is 33.7 Å². The number of thioether (sulfide) groups is 2. The van der Waals surface area contributed by atoms with Gasteiger partial charge in [0.25, 0.3) is 0 Å². The third-order valence-electron chi connectivity index (χ3n) is 4.42. The first-order valence-corrected chi connectivity index (χ1v) is 15.2. The van der Waals surface area contributed by atoms with Gasteiger partial charge in [-0.2, -0.15) is 34.4 Å². The van der Waals surface area contributed by atoms with Crippen molar-refractivity contribution in [1.29, 1.82) is 5.41 Å². The number of hydrogen-bond donors (Lipinski definition) is 4. The maximum absolute atomic E-state index is 12.1. The van der Waals surface area contributed by atoms with Gasteiger partial charge in [-0.15, -0.1) is 10.2 Å². The fraction of sp³-hybridized carbons (Fsp3) is 0.381. The first-order valence-electron chi connectivity index (χ1n) is 10.5. The largest absolute Gasteiger partial charge is 0.308 e. The third kappa shape index (κ3) is 9.84. The van der Waals surface area contributed by atoms with Crippen molar-refractivity contribution in [3.05, 3.63) is 49.8 Å². The molecule has 0 aliphatic rings. The molecule has 0 spiro atoms. The van der Waals surface area contributed by atoms with E-state index in [0.717, 1.165) is 40.5 Å². The number of hydrogen-bond acceptors (Lipinski definition) is 11. The third-order valence-corrected chi connectivity index (χ3v) is 8.90. The van der Waals surface area contributed by atoms with Crippen LogP contribution in [0.25, 0.3) is 0 Å². The smallest absolute Gasteiger partial charge is 0.230 e. The molecular formula is C21H26N6O2S5. The van der Waals surface area contributed by atoms with Crippen LogP contribution in [0.5, 0.6) is 0 Å². The van der Waals surface area contributed by atoms with E-state index in [2.05, 4.69) is 26.1 Å². The summed E-state index contributed by atoms with van der Waals surface area (Å²) in [5.41, 5.74) is 1.96. The summed E-state index contributed by atoms with van der Waals surface area (Å²) in [6, 6.07) is 3.86. The summed E-state index contributed by atoms with van der Waals surface area (Å²) < 4.78 is 0. The van der Waals surface area contributed by atoms with Crippen molar-refractivity contribution in [1.82, 2.24) is 20.8 Å². The molecule has 182 valence electrons. The van der Waals surface area contributed by atoms with Crippen LogP contribution in [-0.4, -0.2) is 51.1 Å². The summed E-state index contributed by atoms with van der Waals surface area (Å²) in [6.45, 7) is 0. The molecule has 34 heavy (non-hydrogen) atoms. The molecule has 3 rings (SSSR count). The van der Waals surface area contributed by atoms with Gasteiger partial charge in [0.05, 0.1) is 18.2 Å². The average molecular weight is 555 g/mol. The SMILES string of the molecule is CNC(CCSCCc1nnc(NC(=O)Cc2ccsc2)s1)SC(=N)NC(=O)Cc1ccsc1. The molecule has 3 heterocycles. The number of carbonyl (C=O) groups is 2. The quantitative estimate of drug-likeness (QED) is 0.109. The lowest BCUT2D eigenvalue weighted by atomic mass is 10.2. The van der Waals surface area contributed by atoms with E-state index in [0.29, 0.717) is 11.6 Å². The number of rotatable bonds is 13. The van der Waals surface area contributed by atoms with Crippen molar-refractivity contribution < 1.29 is 9.59 Å². The minimum absolute atomic E-state index is 0.0491. The monoisotopic (exact) mass is 554 g/mol. The van der Waals surface area contributed by atoms with Gasteiger partial charge in [0, 0.05) is 6.42 Å². The van der Waals surface area contributed by atoms with Gasteiger partial charge >= 0.3 is 0 Å². The molecule has 4 N–H and O–H groups in total. The van der Waals surface area contributed by atoms with E-state index in [-0.39, 0.29) is 28.8 Å². The van der Waals surface area contributed by atoms with E-state index in [1.165, 1.54) is 23.1 Å². The number of anilines is 1. The van der Waals surface area contributed by atoms with Crippen molar-refractivity contribution in [2.75, 3.05) is 23.9 Å². The van der Waals surface area contributed by atoms with Gasteiger partial charge in [-0.25, -0.2) is 0 Å². The Kier molecular flexibility index (Phi) is 11.5. The molecule has 0 saturated carbocycles. The van der Waals surface area contributed by atoms with Crippen LogP contribution in [-0.2, 0) is 28.9 Å². The molecule has 8 nitrogen and oxygen atoms in total. The Labute approximate surface area is 219 Å². The van der Waals surface area contributed by atoms with Gasteiger partial charge in [-0.1, -0.05) is 23.1 Å². The first-order chi connectivity index (χ1) is 16.5. The number of carbonyl (C=O) groups excluding carboxylic acids is 2. The predicted octanol–water partition coefficient (Wildman–Crippen LogP) is 4.08. The first kappa shape index (κ1) is 26.8. The molecule has 0 radical (unpaired) electrons. The maximum atomic E-state index is 12.1. The van der Waals surface area contributed by atoms with Crippen molar-refractivity contribution in [3.63, 3.8) is 0 Å². The van der Waals surface area contributed by atoms with Gasteiger partial charge in [0.1, 0.15) is 5.01 Å². The molecule has 0 bridgehead atoms. The van der Waals surface area contributed by atoms with Crippen LogP contribution < -0.4 is 16.0 Å². The fourth-order valence-electron chi connectivity index (χ4n) is 2.78. The summed E-state index contributed by atoms with van der Waals surface area (Å²) >= 11 is 7.66. The van der Waals surface area contributed by atoms with Crippen LogP contribution in [0, 0.1) is 5.41 Å². The second-order valence-electron chi connectivity index (χ2n) is 7.09. The summed E-state index contributed by atoms with van der Waals surface area (Å²) in [7, 11) is 1.86. The zero-order chi connectivity index (χ0) is 24.2. The van der Waals surface area contributed by atoms with Crippen molar-refractivity contribution in [2.45, 2.75) is 31.1 Å². The van der Waals surface area contributed by atoms with E-state index < -0.39 is 0 Å². The highest BCUT2D eigenvalue weighted by atomic mass is 32.2. The molecule has 0 fully saturated rings. The average Bonchev–Trinajstić information content (AvgIpc) is 3.56. The minimum atomic E-state index is -0.167. The van der Waals surface area contributed by atoms with Crippen LogP contribution in [0.2, 0.25) is 0 Å². The number of aryl methyl sites for hydroxylation is 1. The molecule has 0 aromatic carbocycles. The number of nitrogens with zero attached hydrogens (tertiary/aromatic N) is 2. The Bertz CT molecular complexity index is 1040. The molecule has 1 unspecified atom stereocenters. The van der Waals surface area contributed by atoms with Crippen LogP contribution in [0.4, 0.5) is 5.13 Å². The molecule has 0 aliphatic heterocycles. The molecule has 13 heteroatoms. The molecule has 0 aliphatic carbocycles. The summed E-state index contributed by atoms with van der Waals surface area (Å²) in [6.07, 6.45) is 2.27. The highest BCUT2D eigenvalue weighted by molar-refractivity contribution is 8.14. The van der Waals surface area contributed by atoms with Crippen molar-refractivity contribution in [3.8, 4) is 0 Å². The van der Waals surface area contributed by atoms with Gasteiger partial charge in [-0.3, -0.25) is 15.0 Å². The zero-order valence-corrected chi connectivity index (χ0v) is 22.6. The normalized spacial score (nSPS) is 11.8. The standard InChI is InChI=1S/C21H26N6O2S5/c1-23-18(33-20(22)24-16(28)10-14-2-6-31-12-14)4-8-30-9-5-19-26-27-21(34-19)25-17(29)11-15-3-7-32-13-15/h2-3,6-7,12-13,18,23H,4-5,8-11H2,1H3,(H2,22,24,28)(H,25,27,29). The number of amidine groups is 1. The highest BCUT2D eigenvalue weighted by Crippen LogP contribution is 2.20. The molecule has 3 aromatic heterocycles. The van der Waals surface area contributed by atoms with Crippen molar-refractivity contribution in [2.24, 2.45) is 0 Å². The van der Waals surface area contributed by atoms with E-state index in [4.69, 9.17) is 5.41 Å². The van der Waals surface area contributed by atoms with E-state index in [9.17, 15) is 9.59 Å². The van der Waals surface area contributed by atoms with Gasteiger partial charge in [0.15, 0.2) is 5.17 Å². The van der Waals surface area contributed by atoms with Gasteiger partial charge < -0.3 is 16.0 Å². The van der Waals surface area contributed by atoms with Gasteiger partial charge in [0.2, 0.25) is 16.9 Å².